The van der Waals surface area contributed by atoms with E-state index in [1.165, 1.54) is 24.3 Å². The van der Waals surface area contributed by atoms with Crippen molar-refractivity contribution in [2.24, 2.45) is 0 Å². The van der Waals surface area contributed by atoms with Crippen LogP contribution in [0.4, 0.5) is 10.1 Å². The van der Waals surface area contributed by atoms with Crippen LogP contribution in [0.25, 0.3) is 0 Å². The van der Waals surface area contributed by atoms with Crippen molar-refractivity contribution in [2.75, 3.05) is 5.32 Å². The topological polar surface area (TPSA) is 49.3 Å². The van der Waals surface area contributed by atoms with Gasteiger partial charge in [0.15, 0.2) is 0 Å². The van der Waals surface area contributed by atoms with E-state index >= 15 is 0 Å². The maximum absolute atomic E-state index is 12.9. The molecule has 0 aliphatic rings. The molecule has 2 N–H and O–H groups in total. The lowest BCUT2D eigenvalue weighted by molar-refractivity contribution is 0.0697. The van der Waals surface area contributed by atoms with Crippen LogP contribution in [-0.2, 0) is 6.54 Å². The number of carbonyl (C=O) groups is 1. The van der Waals surface area contributed by atoms with Crippen LogP contribution in [0.1, 0.15) is 15.9 Å². The highest BCUT2D eigenvalue weighted by atomic mass is 35.5. The number of nitrogens with one attached hydrogen (secondary N) is 1. The van der Waals surface area contributed by atoms with Crippen LogP contribution in [0.5, 0.6) is 0 Å². The minimum Gasteiger partial charge on any atom is -0.478 e. The van der Waals surface area contributed by atoms with E-state index < -0.39 is 5.97 Å². The van der Waals surface area contributed by atoms with E-state index in [2.05, 4.69) is 5.32 Å². The van der Waals surface area contributed by atoms with Crippen LogP contribution in [0.2, 0.25) is 5.02 Å². The van der Waals surface area contributed by atoms with Crippen molar-refractivity contribution in [3.8, 4) is 0 Å². The second-order valence-corrected chi connectivity index (χ2v) is 4.39. The summed E-state index contributed by atoms with van der Waals surface area (Å²) in [4.78, 5) is 10.7. The molecule has 0 fully saturated rings. The molecule has 2 rings (SSSR count). The van der Waals surface area contributed by atoms with Gasteiger partial charge in [-0.25, -0.2) is 9.18 Å². The molecule has 0 radical (unpaired) electrons. The molecule has 3 nitrogen and oxygen atoms in total. The van der Waals surface area contributed by atoms with Crippen LogP contribution in [0, 0.1) is 5.82 Å². The van der Waals surface area contributed by atoms with Crippen molar-refractivity contribution in [3.05, 3.63) is 64.4 Å². The second-order valence-electron chi connectivity index (χ2n) is 3.98. The maximum Gasteiger partial charge on any atom is 0.335 e. The number of rotatable bonds is 4. The third-order valence-electron chi connectivity index (χ3n) is 2.61. The first-order chi connectivity index (χ1) is 9.06. The number of hydrogen-bond donors (Lipinski definition) is 2. The number of hydrogen-bond acceptors (Lipinski definition) is 2. The summed E-state index contributed by atoms with van der Waals surface area (Å²) in [5.74, 6) is -1.34. The number of carboxylic acids is 1. The standard InChI is InChI=1S/C14H11ClFNO2/c15-12-7-11(16)5-6-13(12)17-8-9-1-3-10(4-2-9)14(18)19/h1-7,17H,8H2,(H,18,19). The third-order valence-corrected chi connectivity index (χ3v) is 2.93. The van der Waals surface area contributed by atoms with Crippen LogP contribution < -0.4 is 5.32 Å². The van der Waals surface area contributed by atoms with Crippen molar-refractivity contribution in [2.45, 2.75) is 6.54 Å². The Bertz CT molecular complexity index is 599. The molecule has 2 aromatic rings. The molecule has 0 unspecified atom stereocenters. The Morgan fingerprint density at radius 1 is 1.21 bits per heavy atom. The Kier molecular flexibility index (Phi) is 4.02. The summed E-state index contributed by atoms with van der Waals surface area (Å²) in [5.41, 5.74) is 1.78. The van der Waals surface area contributed by atoms with E-state index in [1.807, 2.05) is 0 Å². The fourth-order valence-electron chi connectivity index (χ4n) is 1.60. The first-order valence-corrected chi connectivity index (χ1v) is 5.95. The lowest BCUT2D eigenvalue weighted by atomic mass is 10.1. The zero-order chi connectivity index (χ0) is 13.8. The van der Waals surface area contributed by atoms with Gasteiger partial charge >= 0.3 is 5.97 Å². The molecule has 0 saturated carbocycles. The largest absolute Gasteiger partial charge is 0.478 e. The van der Waals surface area contributed by atoms with E-state index in [1.54, 1.807) is 18.2 Å². The SMILES string of the molecule is O=C(O)c1ccc(CNc2ccc(F)cc2Cl)cc1. The van der Waals surface area contributed by atoms with Gasteiger partial charge in [-0.05, 0) is 35.9 Å². The van der Waals surface area contributed by atoms with E-state index in [4.69, 9.17) is 16.7 Å². The average Bonchev–Trinajstić information content (AvgIpc) is 2.38. The highest BCUT2D eigenvalue weighted by molar-refractivity contribution is 6.33. The number of anilines is 1. The van der Waals surface area contributed by atoms with Crippen molar-refractivity contribution >= 4 is 23.3 Å². The molecule has 5 heteroatoms. The predicted molar refractivity (Wildman–Crippen MR) is 72.1 cm³/mol. The van der Waals surface area contributed by atoms with Crippen molar-refractivity contribution in [3.63, 3.8) is 0 Å². The molecule has 19 heavy (non-hydrogen) atoms. The Morgan fingerprint density at radius 3 is 2.47 bits per heavy atom. The van der Waals surface area contributed by atoms with Gasteiger partial charge in [-0.1, -0.05) is 23.7 Å². The van der Waals surface area contributed by atoms with Gasteiger partial charge in [-0.3, -0.25) is 0 Å². The van der Waals surface area contributed by atoms with Gasteiger partial charge in [-0.15, -0.1) is 0 Å². The Hall–Kier alpha value is -2.07. The molecule has 0 spiro atoms. The minimum atomic E-state index is -0.957. The molecule has 0 bridgehead atoms. The summed E-state index contributed by atoms with van der Waals surface area (Å²) in [6.07, 6.45) is 0. The van der Waals surface area contributed by atoms with Crippen LogP contribution in [0.15, 0.2) is 42.5 Å². The van der Waals surface area contributed by atoms with Crippen molar-refractivity contribution in [1.82, 2.24) is 0 Å². The Labute approximate surface area is 114 Å². The van der Waals surface area contributed by atoms with E-state index in [0.717, 1.165) is 5.56 Å². The zero-order valence-corrected chi connectivity index (χ0v) is 10.6. The minimum absolute atomic E-state index is 0.239. The van der Waals surface area contributed by atoms with Gasteiger partial charge in [0.1, 0.15) is 5.82 Å². The second kappa shape index (κ2) is 5.71. The zero-order valence-electron chi connectivity index (χ0n) is 9.86. The highest BCUT2D eigenvalue weighted by Crippen LogP contribution is 2.23. The molecule has 0 saturated heterocycles. The normalized spacial score (nSPS) is 10.2. The summed E-state index contributed by atoms with van der Waals surface area (Å²) < 4.78 is 12.9. The fraction of sp³-hybridized carbons (Fsp3) is 0.0714. The Morgan fingerprint density at radius 2 is 1.89 bits per heavy atom. The molecule has 0 heterocycles. The van der Waals surface area contributed by atoms with Gasteiger partial charge in [0.2, 0.25) is 0 Å². The lowest BCUT2D eigenvalue weighted by Gasteiger charge is -2.08. The third kappa shape index (κ3) is 3.45. The molecular weight excluding hydrogens is 269 g/mol. The molecule has 0 aromatic heterocycles. The maximum atomic E-state index is 12.9. The van der Waals surface area contributed by atoms with Gasteiger partial charge < -0.3 is 10.4 Å². The van der Waals surface area contributed by atoms with Gasteiger partial charge in [-0.2, -0.15) is 0 Å². The molecule has 0 aliphatic heterocycles. The summed E-state index contributed by atoms with van der Waals surface area (Å²) >= 11 is 5.88. The van der Waals surface area contributed by atoms with Crippen LogP contribution in [-0.4, -0.2) is 11.1 Å². The summed E-state index contributed by atoms with van der Waals surface area (Å²) in [6.45, 7) is 0.477. The Balaban J connectivity index is 2.04. The molecule has 0 atom stereocenters. The number of halogens is 2. The van der Waals surface area contributed by atoms with E-state index in [0.29, 0.717) is 17.3 Å². The molecular formula is C14H11ClFNO2. The predicted octanol–water partition coefficient (Wildman–Crippen LogP) is 3.79. The monoisotopic (exact) mass is 279 g/mol. The summed E-state index contributed by atoms with van der Waals surface area (Å²) in [7, 11) is 0. The number of benzene rings is 2. The first-order valence-electron chi connectivity index (χ1n) is 5.57. The smallest absolute Gasteiger partial charge is 0.335 e. The van der Waals surface area contributed by atoms with E-state index in [-0.39, 0.29) is 11.4 Å². The lowest BCUT2D eigenvalue weighted by Crippen LogP contribution is -2.01. The van der Waals surface area contributed by atoms with Gasteiger partial charge in [0.05, 0.1) is 16.3 Å². The number of aromatic carboxylic acids is 1. The first kappa shape index (κ1) is 13.4. The summed E-state index contributed by atoms with van der Waals surface area (Å²) in [6, 6.07) is 10.6. The van der Waals surface area contributed by atoms with Gasteiger partial charge in [0.25, 0.3) is 0 Å². The summed E-state index contributed by atoms with van der Waals surface area (Å²) in [5, 5.41) is 12.1. The van der Waals surface area contributed by atoms with Crippen LogP contribution in [0.3, 0.4) is 0 Å². The van der Waals surface area contributed by atoms with Gasteiger partial charge in [0, 0.05) is 6.54 Å². The van der Waals surface area contributed by atoms with Crippen LogP contribution >= 0.6 is 11.6 Å². The quantitative estimate of drug-likeness (QED) is 0.895. The highest BCUT2D eigenvalue weighted by Gasteiger charge is 2.03. The van der Waals surface area contributed by atoms with Crippen molar-refractivity contribution in [1.29, 1.82) is 0 Å². The molecule has 98 valence electrons. The average molecular weight is 280 g/mol. The molecule has 0 amide bonds. The number of carboxylic acid groups (broad SMARTS) is 1. The van der Waals surface area contributed by atoms with Crippen molar-refractivity contribution < 1.29 is 14.3 Å². The fourth-order valence-corrected chi connectivity index (χ4v) is 1.83. The molecule has 0 aliphatic carbocycles. The molecule has 2 aromatic carbocycles. The van der Waals surface area contributed by atoms with E-state index in [9.17, 15) is 9.18 Å².